The van der Waals surface area contributed by atoms with Crippen molar-refractivity contribution < 1.29 is 0 Å². The van der Waals surface area contributed by atoms with Gasteiger partial charge in [0.25, 0.3) is 22.6 Å². The third-order valence-electron chi connectivity index (χ3n) is 3.07. The molecular weight excluding hydrogens is 219 g/mol. The van der Waals surface area contributed by atoms with Gasteiger partial charge < -0.3 is 14.2 Å². The lowest BCUT2D eigenvalue weighted by Gasteiger charge is -2.42. The molecule has 1 aliphatic rings. The van der Waals surface area contributed by atoms with E-state index < -0.39 is 0 Å². The topological polar surface area (TPSA) is 9.72 Å². The molecule has 3 nitrogen and oxygen atoms in total. The standard InChI is InChI=1S/C12H30B3N3/c1-10(2)7-16-13-17(8-11(3)4)15-18(14-16)9-12(5)6/h10-15H,7-9H2,1-6H3. The Bertz CT molecular complexity index is 193. The van der Waals surface area contributed by atoms with Crippen LogP contribution in [0.5, 0.6) is 0 Å². The maximum atomic E-state index is 2.60. The fraction of sp³-hybridized carbons (Fsp3) is 1.00. The highest BCUT2D eigenvalue weighted by Crippen LogP contribution is 2.09. The van der Waals surface area contributed by atoms with Crippen LogP contribution in [-0.2, 0) is 0 Å². The normalized spacial score (nSPS) is 19.2. The van der Waals surface area contributed by atoms with E-state index in [1.165, 1.54) is 19.6 Å². The van der Waals surface area contributed by atoms with Crippen LogP contribution in [0.2, 0.25) is 0 Å². The molecule has 0 aromatic carbocycles. The van der Waals surface area contributed by atoms with Crippen LogP contribution in [0.3, 0.4) is 0 Å². The average molecular weight is 249 g/mol. The van der Waals surface area contributed by atoms with Crippen LogP contribution in [0.1, 0.15) is 41.5 Å². The third kappa shape index (κ3) is 6.30. The van der Waals surface area contributed by atoms with Gasteiger partial charge in [-0.25, -0.2) is 0 Å². The maximum absolute atomic E-state index is 2.60. The van der Waals surface area contributed by atoms with Crippen molar-refractivity contribution in [2.24, 2.45) is 17.8 Å². The zero-order chi connectivity index (χ0) is 13.7. The first-order chi connectivity index (χ1) is 8.36. The molecule has 102 valence electrons. The summed E-state index contributed by atoms with van der Waals surface area (Å²) in [5.74, 6) is 2.26. The molecule has 0 aromatic rings. The molecule has 1 heterocycles. The fourth-order valence-electron chi connectivity index (χ4n) is 2.88. The number of nitrogens with zero attached hydrogens (tertiary/aromatic N) is 3. The summed E-state index contributed by atoms with van der Waals surface area (Å²) in [6, 6.07) is 0. The summed E-state index contributed by atoms with van der Waals surface area (Å²) in [5, 5.41) is 0. The van der Waals surface area contributed by atoms with Gasteiger partial charge >= 0.3 is 0 Å². The van der Waals surface area contributed by atoms with Crippen molar-refractivity contribution in [1.82, 2.24) is 14.2 Å². The molecule has 0 amide bonds. The quantitative estimate of drug-likeness (QED) is 0.640. The molecule has 0 aliphatic carbocycles. The molecule has 0 radical (unpaired) electrons. The highest BCUT2D eigenvalue weighted by Gasteiger charge is 2.28. The minimum atomic E-state index is 0.755. The summed E-state index contributed by atoms with van der Waals surface area (Å²) in [5.41, 5.74) is 0. The molecule has 1 aliphatic heterocycles. The largest absolute Gasteiger partial charge is 0.363 e. The molecule has 6 heteroatoms. The second kappa shape index (κ2) is 7.61. The smallest absolute Gasteiger partial charge is 0.270 e. The molecule has 0 N–H and O–H groups in total. The minimum Gasteiger partial charge on any atom is -0.363 e. The number of hydrogen-bond donors (Lipinski definition) is 0. The van der Waals surface area contributed by atoms with Crippen LogP contribution < -0.4 is 0 Å². The van der Waals surface area contributed by atoms with E-state index >= 15 is 0 Å². The highest BCUT2D eigenvalue weighted by molar-refractivity contribution is 6.64. The van der Waals surface area contributed by atoms with Gasteiger partial charge in [0.1, 0.15) is 0 Å². The van der Waals surface area contributed by atoms with Crippen molar-refractivity contribution in [3.63, 3.8) is 0 Å². The monoisotopic (exact) mass is 249 g/mol. The predicted molar refractivity (Wildman–Crippen MR) is 86.1 cm³/mol. The van der Waals surface area contributed by atoms with Gasteiger partial charge in [-0.15, -0.1) is 0 Å². The van der Waals surface area contributed by atoms with E-state index in [4.69, 9.17) is 0 Å². The maximum Gasteiger partial charge on any atom is 0.270 e. The Morgan fingerprint density at radius 3 is 0.944 bits per heavy atom. The summed E-state index contributed by atoms with van der Waals surface area (Å²) >= 11 is 0. The Hall–Kier alpha value is 0.0748. The average Bonchev–Trinajstić information content (AvgIpc) is 2.12. The summed E-state index contributed by atoms with van der Waals surface area (Å²) in [6.45, 7) is 17.5. The molecule has 0 aromatic heterocycles. The van der Waals surface area contributed by atoms with Crippen LogP contribution in [0.25, 0.3) is 0 Å². The van der Waals surface area contributed by atoms with E-state index in [1.54, 1.807) is 0 Å². The second-order valence-electron chi connectivity index (χ2n) is 7.17. The summed E-state index contributed by atoms with van der Waals surface area (Å²) < 4.78 is 7.79. The SMILES string of the molecule is CC(C)CN1BN(CC(C)C)BN(CC(C)C)B1. The molecule has 18 heavy (non-hydrogen) atoms. The van der Waals surface area contributed by atoms with Crippen LogP contribution in [0.15, 0.2) is 0 Å². The van der Waals surface area contributed by atoms with Crippen LogP contribution >= 0.6 is 0 Å². The lowest BCUT2D eigenvalue weighted by atomic mass is 9.72. The fourth-order valence-corrected chi connectivity index (χ4v) is 2.88. The summed E-state index contributed by atoms with van der Waals surface area (Å²) in [7, 11) is 3.43. The molecule has 0 spiro atoms. The van der Waals surface area contributed by atoms with Crippen molar-refractivity contribution in [1.29, 1.82) is 0 Å². The van der Waals surface area contributed by atoms with Crippen molar-refractivity contribution in [3.05, 3.63) is 0 Å². The highest BCUT2D eigenvalue weighted by atomic mass is 15.3. The Balaban J connectivity index is 2.54. The predicted octanol–water partition coefficient (Wildman–Crippen LogP) is 0.673. The zero-order valence-electron chi connectivity index (χ0n) is 13.3. The lowest BCUT2D eigenvalue weighted by Crippen LogP contribution is -2.63. The van der Waals surface area contributed by atoms with Gasteiger partial charge in [-0.2, -0.15) is 0 Å². The van der Waals surface area contributed by atoms with Crippen LogP contribution in [0, 0.1) is 17.8 Å². The summed E-state index contributed by atoms with van der Waals surface area (Å²) in [6.07, 6.45) is 0. The van der Waals surface area contributed by atoms with Gasteiger partial charge in [-0.3, -0.25) is 0 Å². The van der Waals surface area contributed by atoms with Crippen LogP contribution in [0.4, 0.5) is 0 Å². The van der Waals surface area contributed by atoms with E-state index in [0.717, 1.165) is 40.4 Å². The molecule has 0 bridgehead atoms. The van der Waals surface area contributed by atoms with Crippen molar-refractivity contribution in [3.8, 4) is 0 Å². The molecule has 1 fully saturated rings. The van der Waals surface area contributed by atoms with E-state index in [2.05, 4.69) is 55.7 Å². The van der Waals surface area contributed by atoms with Crippen LogP contribution in [-0.4, -0.2) is 56.4 Å². The Morgan fingerprint density at radius 1 is 0.556 bits per heavy atom. The molecule has 1 saturated heterocycles. The summed E-state index contributed by atoms with van der Waals surface area (Å²) in [4.78, 5) is 0. The van der Waals surface area contributed by atoms with Crippen molar-refractivity contribution in [2.75, 3.05) is 19.6 Å². The zero-order valence-corrected chi connectivity index (χ0v) is 13.3. The van der Waals surface area contributed by atoms with Crippen molar-refractivity contribution >= 4 is 22.6 Å². The van der Waals surface area contributed by atoms with E-state index in [-0.39, 0.29) is 0 Å². The van der Waals surface area contributed by atoms with Gasteiger partial charge in [0, 0.05) is 0 Å². The van der Waals surface area contributed by atoms with Gasteiger partial charge in [0.05, 0.1) is 0 Å². The minimum absolute atomic E-state index is 0.755. The first kappa shape index (κ1) is 16.1. The van der Waals surface area contributed by atoms with E-state index in [9.17, 15) is 0 Å². The number of rotatable bonds is 6. The molecule has 0 atom stereocenters. The Kier molecular flexibility index (Phi) is 6.82. The Labute approximate surface area is 116 Å². The van der Waals surface area contributed by atoms with Gasteiger partial charge in [-0.05, 0) is 37.4 Å². The first-order valence-electron chi connectivity index (χ1n) is 7.53. The molecule has 0 unspecified atom stereocenters. The van der Waals surface area contributed by atoms with E-state index in [1.807, 2.05) is 0 Å². The molecule has 1 rings (SSSR count). The molecule has 0 saturated carbocycles. The lowest BCUT2D eigenvalue weighted by molar-refractivity contribution is 0.397. The Morgan fingerprint density at radius 2 is 0.778 bits per heavy atom. The number of hydrogen-bond acceptors (Lipinski definition) is 3. The van der Waals surface area contributed by atoms with Gasteiger partial charge in [0.2, 0.25) is 0 Å². The van der Waals surface area contributed by atoms with Crippen molar-refractivity contribution in [2.45, 2.75) is 41.5 Å². The van der Waals surface area contributed by atoms with E-state index in [0.29, 0.717) is 0 Å². The second-order valence-corrected chi connectivity index (χ2v) is 7.17. The molecular formula is C12H30B3N3. The third-order valence-corrected chi connectivity index (χ3v) is 3.07. The van der Waals surface area contributed by atoms with Gasteiger partial charge in [0.15, 0.2) is 0 Å². The van der Waals surface area contributed by atoms with Gasteiger partial charge in [-0.1, -0.05) is 41.5 Å². The first-order valence-corrected chi connectivity index (χ1v) is 7.53.